The molecule has 0 amide bonds. The summed E-state index contributed by atoms with van der Waals surface area (Å²) >= 11 is 0. The normalized spacial score (nSPS) is 15.5. The maximum atomic E-state index is 13.4. The molecule has 1 fully saturated rings. The van der Waals surface area contributed by atoms with Crippen LogP contribution in [0.15, 0.2) is 108 Å². The summed E-state index contributed by atoms with van der Waals surface area (Å²) in [6.07, 6.45) is 4.05. The minimum atomic E-state index is -3.78. The summed E-state index contributed by atoms with van der Waals surface area (Å²) in [6.45, 7) is 18.6. The monoisotopic (exact) mass is 863 g/mol. The van der Waals surface area contributed by atoms with Crippen LogP contribution in [0, 0.1) is 52.9 Å². The molecule has 0 bridgehead atoms. The topological polar surface area (TPSA) is 109 Å². The molecule has 0 saturated heterocycles. The molecule has 0 spiro atoms. The molecule has 4 N–H and O–H groups in total. The van der Waals surface area contributed by atoms with Crippen molar-refractivity contribution in [1.29, 1.82) is 0 Å². The van der Waals surface area contributed by atoms with Gasteiger partial charge in [0.05, 0.1) is 44.6 Å². The van der Waals surface area contributed by atoms with Crippen LogP contribution in [0.2, 0.25) is 0 Å². The SMILES string of the molecule is CCC(C)(C)C(=O)OC1CCCCC1Nc1ccc([C+](c2ccc(Nc3c(C)cc(C)cc3C)cc2)c2ccc(Nc3c(C)cc(C)cc3C)cc2)c2cc(S(=O)(=O)NC)ccc12. The fraction of sp³-hybridized carbons (Fsp3) is 0.333. The number of nitrogens with one attached hydrogen (secondary N) is 4. The van der Waals surface area contributed by atoms with Crippen LogP contribution in [0.25, 0.3) is 10.8 Å². The van der Waals surface area contributed by atoms with Crippen LogP contribution in [0.1, 0.15) is 103 Å². The molecule has 2 atom stereocenters. The third-order valence-corrected chi connectivity index (χ3v) is 14.2. The molecule has 1 saturated carbocycles. The summed E-state index contributed by atoms with van der Waals surface area (Å²) in [6, 6.07) is 35.1. The highest BCUT2D eigenvalue weighted by molar-refractivity contribution is 7.89. The molecule has 2 unspecified atom stereocenters. The van der Waals surface area contributed by atoms with Crippen molar-refractivity contribution in [2.75, 3.05) is 23.0 Å². The highest BCUT2D eigenvalue weighted by Crippen LogP contribution is 2.41. The number of carbonyl (C=O) groups excluding carboxylic acids is 1. The van der Waals surface area contributed by atoms with Crippen LogP contribution in [-0.2, 0) is 19.6 Å². The van der Waals surface area contributed by atoms with Gasteiger partial charge in [0.25, 0.3) is 0 Å². The van der Waals surface area contributed by atoms with Crippen LogP contribution >= 0.6 is 0 Å². The van der Waals surface area contributed by atoms with E-state index in [4.69, 9.17) is 4.74 Å². The van der Waals surface area contributed by atoms with Crippen molar-refractivity contribution in [3.63, 3.8) is 0 Å². The number of hydrogen-bond acceptors (Lipinski definition) is 7. The summed E-state index contributed by atoms with van der Waals surface area (Å²) in [5, 5.41) is 12.8. The van der Waals surface area contributed by atoms with Gasteiger partial charge >= 0.3 is 5.97 Å². The minimum absolute atomic E-state index is 0.102. The first-order valence-electron chi connectivity index (χ1n) is 22.2. The first kappa shape index (κ1) is 45.3. The molecule has 8 nitrogen and oxygen atoms in total. The molecule has 6 aromatic rings. The van der Waals surface area contributed by atoms with Crippen LogP contribution in [-0.4, -0.2) is 33.6 Å². The highest BCUT2D eigenvalue weighted by Gasteiger charge is 2.35. The van der Waals surface area contributed by atoms with Crippen molar-refractivity contribution in [2.24, 2.45) is 5.41 Å². The fourth-order valence-corrected chi connectivity index (χ4v) is 9.72. The molecular weight excluding hydrogens is 801 g/mol. The predicted molar refractivity (Wildman–Crippen MR) is 261 cm³/mol. The number of esters is 1. The van der Waals surface area contributed by atoms with E-state index in [-0.39, 0.29) is 23.0 Å². The van der Waals surface area contributed by atoms with Crippen LogP contribution < -0.4 is 20.7 Å². The third kappa shape index (κ3) is 9.90. The second-order valence-electron chi connectivity index (χ2n) is 18.1. The number of hydrogen-bond donors (Lipinski definition) is 4. The first-order valence-corrected chi connectivity index (χ1v) is 23.7. The maximum Gasteiger partial charge on any atom is 0.311 e. The summed E-state index contributed by atoms with van der Waals surface area (Å²) in [5.74, 6) is 0.779. The average Bonchev–Trinajstić information content (AvgIpc) is 3.25. The number of carbonyl (C=O) groups is 1. The van der Waals surface area contributed by atoms with E-state index in [1.54, 1.807) is 12.1 Å². The van der Waals surface area contributed by atoms with Gasteiger partial charge in [-0.2, -0.15) is 0 Å². The quantitative estimate of drug-likeness (QED) is 0.0491. The lowest BCUT2D eigenvalue weighted by Gasteiger charge is -2.35. The molecule has 1 aliphatic rings. The lowest BCUT2D eigenvalue weighted by atomic mass is 9.82. The number of fused-ring (bicyclic) bond motifs is 1. The molecule has 0 heterocycles. The Kier molecular flexibility index (Phi) is 13.3. The highest BCUT2D eigenvalue weighted by atomic mass is 32.2. The Balaban J connectivity index is 1.34. The molecule has 328 valence electrons. The van der Waals surface area contributed by atoms with Crippen molar-refractivity contribution < 1.29 is 17.9 Å². The molecule has 0 aromatic heterocycles. The zero-order valence-corrected chi connectivity index (χ0v) is 39.4. The molecule has 6 aromatic carbocycles. The Morgan fingerprint density at radius 1 is 0.683 bits per heavy atom. The van der Waals surface area contributed by atoms with Gasteiger partial charge < -0.3 is 20.7 Å². The van der Waals surface area contributed by atoms with E-state index in [1.807, 2.05) is 26.8 Å². The number of rotatable bonds is 14. The fourth-order valence-electron chi connectivity index (χ4n) is 8.96. The van der Waals surface area contributed by atoms with E-state index < -0.39 is 15.4 Å². The molecule has 63 heavy (non-hydrogen) atoms. The van der Waals surface area contributed by atoms with Gasteiger partial charge in [0.1, 0.15) is 6.10 Å². The van der Waals surface area contributed by atoms with E-state index in [1.165, 1.54) is 40.4 Å². The van der Waals surface area contributed by atoms with Crippen molar-refractivity contribution in [2.45, 2.75) is 111 Å². The average molecular weight is 864 g/mol. The summed E-state index contributed by atoms with van der Waals surface area (Å²) in [7, 11) is -2.35. The van der Waals surface area contributed by atoms with Crippen molar-refractivity contribution >= 4 is 55.2 Å². The van der Waals surface area contributed by atoms with E-state index in [0.717, 1.165) is 87.5 Å². The molecule has 9 heteroatoms. The van der Waals surface area contributed by atoms with E-state index in [2.05, 4.69) is 147 Å². The summed E-state index contributed by atoms with van der Waals surface area (Å²) in [4.78, 5) is 13.5. The summed E-state index contributed by atoms with van der Waals surface area (Å²) in [5.41, 5.74) is 14.4. The van der Waals surface area contributed by atoms with Crippen molar-refractivity contribution in [1.82, 2.24) is 4.72 Å². The second-order valence-corrected chi connectivity index (χ2v) is 20.0. The number of anilines is 5. The Hall–Kier alpha value is -5.77. The number of sulfonamides is 1. The zero-order chi connectivity index (χ0) is 45.2. The smallest absolute Gasteiger partial charge is 0.311 e. The standard InChI is InChI=1S/C54H63N4O4S/c1-11-54(8,9)53(59)62-49-15-13-12-14-48(49)58-47-27-26-45(46-32-43(24-25-44(46)47)63(60,61)55-10)50(39-16-20-41(21-17-39)56-51-35(4)28-33(2)29-36(51)5)40-18-22-42(23-19-40)57-52-37(6)30-34(3)31-38(52)7/h16-32,48-49,55-58H,11-15H2,1-10H3/q+1. The lowest BCUT2D eigenvalue weighted by molar-refractivity contribution is -0.161. The molecule has 1 aliphatic carbocycles. The van der Waals surface area contributed by atoms with Gasteiger partial charge in [0, 0.05) is 33.5 Å². The van der Waals surface area contributed by atoms with E-state index >= 15 is 0 Å². The number of ether oxygens (including phenoxy) is 1. The maximum absolute atomic E-state index is 13.4. The largest absolute Gasteiger partial charge is 0.460 e. The van der Waals surface area contributed by atoms with Crippen LogP contribution in [0.4, 0.5) is 28.4 Å². The van der Waals surface area contributed by atoms with Gasteiger partial charge in [0.15, 0.2) is 0 Å². The Morgan fingerprint density at radius 3 is 1.68 bits per heavy atom. The van der Waals surface area contributed by atoms with Gasteiger partial charge in [-0.1, -0.05) is 48.7 Å². The summed E-state index contributed by atoms with van der Waals surface area (Å²) < 4.78 is 35.6. The van der Waals surface area contributed by atoms with Crippen LogP contribution in [0.5, 0.6) is 0 Å². The van der Waals surface area contributed by atoms with Crippen molar-refractivity contribution in [3.8, 4) is 0 Å². The van der Waals surface area contributed by atoms with E-state index in [9.17, 15) is 13.2 Å². The zero-order valence-electron chi connectivity index (χ0n) is 38.5. The van der Waals surface area contributed by atoms with Gasteiger partial charge in [-0.15, -0.1) is 0 Å². The van der Waals surface area contributed by atoms with Gasteiger partial charge in [-0.05, 0) is 189 Å². The molecule has 0 radical (unpaired) electrons. The lowest BCUT2D eigenvalue weighted by Crippen LogP contribution is -2.42. The van der Waals surface area contributed by atoms with Crippen LogP contribution in [0.3, 0.4) is 0 Å². The Bertz CT molecular complexity index is 2590. The minimum Gasteiger partial charge on any atom is -0.460 e. The molecule has 0 aliphatic heterocycles. The van der Waals surface area contributed by atoms with Gasteiger partial charge in [0.2, 0.25) is 10.0 Å². The van der Waals surface area contributed by atoms with E-state index in [0.29, 0.717) is 6.42 Å². The molecular formula is C54H63N4O4S+. The first-order chi connectivity index (χ1) is 30.0. The Labute approximate surface area is 375 Å². The number of aryl methyl sites for hydroxylation is 6. The van der Waals surface area contributed by atoms with Gasteiger partial charge in [-0.3, -0.25) is 4.79 Å². The number of benzene rings is 6. The Morgan fingerprint density at radius 2 is 1.19 bits per heavy atom. The van der Waals surface area contributed by atoms with Gasteiger partial charge in [-0.25, -0.2) is 13.1 Å². The predicted octanol–water partition coefficient (Wildman–Crippen LogP) is 12.8. The third-order valence-electron chi connectivity index (χ3n) is 12.8. The molecule has 7 rings (SSSR count). The second kappa shape index (κ2) is 18.5. The van der Waals surface area contributed by atoms with Crippen molar-refractivity contribution in [3.05, 3.63) is 159 Å².